The molecule has 0 fully saturated rings. The first kappa shape index (κ1) is 12.6. The predicted octanol–water partition coefficient (Wildman–Crippen LogP) is 3.07. The number of carboxylic acid groups (broad SMARTS) is 1. The summed E-state index contributed by atoms with van der Waals surface area (Å²) in [5, 5.41) is 12.8. The van der Waals surface area contributed by atoms with Crippen LogP contribution in [-0.2, 0) is 6.54 Å². The molecule has 0 radical (unpaired) electrons. The molecule has 0 saturated heterocycles. The van der Waals surface area contributed by atoms with Gasteiger partial charge in [0.15, 0.2) is 0 Å². The second-order valence-electron chi connectivity index (χ2n) is 4.12. The molecule has 1 heterocycles. The highest BCUT2D eigenvalue weighted by atomic mass is 32.1. The molecule has 0 atom stereocenters. The van der Waals surface area contributed by atoms with Crippen LogP contribution in [-0.4, -0.2) is 15.4 Å². The second-order valence-corrected chi connectivity index (χ2v) is 4.89. The first-order valence-corrected chi connectivity index (χ1v) is 6.34. The molecule has 0 spiro atoms. The van der Waals surface area contributed by atoms with E-state index in [1.807, 2.05) is 31.2 Å². The van der Waals surface area contributed by atoms with Gasteiger partial charge in [-0.1, -0.05) is 29.8 Å². The van der Waals surface area contributed by atoms with Gasteiger partial charge in [-0.2, -0.15) is 4.37 Å². The summed E-state index contributed by atoms with van der Waals surface area (Å²) in [6, 6.07) is 8.12. The molecular weight excluding hydrogens is 248 g/mol. The fourth-order valence-corrected chi connectivity index (χ4v) is 2.41. The van der Waals surface area contributed by atoms with Gasteiger partial charge in [0, 0.05) is 6.54 Å². The lowest BCUT2D eigenvalue weighted by molar-refractivity contribution is 0.0697. The molecule has 4 nitrogen and oxygen atoms in total. The highest BCUT2D eigenvalue weighted by molar-refractivity contribution is 7.10. The number of aromatic nitrogens is 1. The summed E-state index contributed by atoms with van der Waals surface area (Å²) < 4.78 is 4.06. The van der Waals surface area contributed by atoms with Crippen LogP contribution in [0.4, 0.5) is 5.00 Å². The van der Waals surface area contributed by atoms with Crippen molar-refractivity contribution in [2.75, 3.05) is 5.32 Å². The Bertz CT molecular complexity index is 561. The van der Waals surface area contributed by atoms with Gasteiger partial charge in [-0.15, -0.1) is 0 Å². The third-order valence-electron chi connectivity index (χ3n) is 2.65. The third kappa shape index (κ3) is 2.68. The Kier molecular flexibility index (Phi) is 3.62. The number of carboxylic acids is 1. The Morgan fingerprint density at radius 3 is 2.61 bits per heavy atom. The maximum atomic E-state index is 11.1. The first-order valence-electron chi connectivity index (χ1n) is 5.57. The van der Waals surface area contributed by atoms with E-state index in [-0.39, 0.29) is 5.56 Å². The van der Waals surface area contributed by atoms with Gasteiger partial charge in [-0.3, -0.25) is 0 Å². The molecule has 94 valence electrons. The van der Waals surface area contributed by atoms with Gasteiger partial charge in [-0.25, -0.2) is 4.79 Å². The van der Waals surface area contributed by atoms with Crippen LogP contribution in [0.5, 0.6) is 0 Å². The van der Waals surface area contributed by atoms with Crippen LogP contribution in [0.3, 0.4) is 0 Å². The van der Waals surface area contributed by atoms with Crippen molar-refractivity contribution in [1.82, 2.24) is 4.37 Å². The molecule has 0 aliphatic carbocycles. The lowest BCUT2D eigenvalue weighted by atomic mass is 10.1. The monoisotopic (exact) mass is 262 g/mol. The molecule has 18 heavy (non-hydrogen) atoms. The molecule has 0 amide bonds. The Balaban J connectivity index is 2.11. The fraction of sp³-hybridized carbons (Fsp3) is 0.231. The lowest BCUT2D eigenvalue weighted by Gasteiger charge is -2.05. The van der Waals surface area contributed by atoms with Crippen molar-refractivity contribution < 1.29 is 9.90 Å². The zero-order valence-electron chi connectivity index (χ0n) is 10.2. The number of rotatable bonds is 4. The summed E-state index contributed by atoms with van der Waals surface area (Å²) in [6.07, 6.45) is 0. The summed E-state index contributed by atoms with van der Waals surface area (Å²) in [5.41, 5.74) is 3.15. The van der Waals surface area contributed by atoms with Gasteiger partial charge >= 0.3 is 5.97 Å². The zero-order chi connectivity index (χ0) is 13.1. The maximum Gasteiger partial charge on any atom is 0.340 e. The standard InChI is InChI=1S/C13H14N2O2S/c1-8-3-5-10(6-4-8)7-14-12-11(13(16)17)9(2)15-18-12/h3-6,14H,7H2,1-2H3,(H,16,17). The Hall–Kier alpha value is -1.88. The number of anilines is 1. The van der Waals surface area contributed by atoms with Gasteiger partial charge in [0.05, 0.1) is 5.69 Å². The zero-order valence-corrected chi connectivity index (χ0v) is 11.0. The van der Waals surface area contributed by atoms with Crippen molar-refractivity contribution in [2.24, 2.45) is 0 Å². The van der Waals surface area contributed by atoms with Crippen molar-refractivity contribution in [1.29, 1.82) is 0 Å². The number of hydrogen-bond acceptors (Lipinski definition) is 4. The van der Waals surface area contributed by atoms with E-state index in [0.29, 0.717) is 17.2 Å². The molecule has 1 aromatic heterocycles. The minimum absolute atomic E-state index is 0.270. The van der Waals surface area contributed by atoms with E-state index in [1.54, 1.807) is 6.92 Å². The number of hydrogen-bond donors (Lipinski definition) is 2. The second kappa shape index (κ2) is 5.18. The largest absolute Gasteiger partial charge is 0.478 e. The van der Waals surface area contributed by atoms with E-state index in [9.17, 15) is 4.79 Å². The van der Waals surface area contributed by atoms with E-state index in [1.165, 1.54) is 17.1 Å². The molecule has 0 saturated carbocycles. The van der Waals surface area contributed by atoms with Crippen molar-refractivity contribution in [3.8, 4) is 0 Å². The quantitative estimate of drug-likeness (QED) is 0.889. The van der Waals surface area contributed by atoms with Gasteiger partial charge in [0.2, 0.25) is 0 Å². The van der Waals surface area contributed by atoms with Crippen LogP contribution in [0.2, 0.25) is 0 Å². The van der Waals surface area contributed by atoms with Crippen LogP contribution in [0.15, 0.2) is 24.3 Å². The highest BCUT2D eigenvalue weighted by Crippen LogP contribution is 2.24. The molecule has 2 rings (SSSR count). The van der Waals surface area contributed by atoms with Crippen molar-refractivity contribution in [3.63, 3.8) is 0 Å². The van der Waals surface area contributed by atoms with Crippen LogP contribution in [0, 0.1) is 13.8 Å². The van der Waals surface area contributed by atoms with Crippen LogP contribution in [0.25, 0.3) is 0 Å². The molecule has 0 aliphatic rings. The van der Waals surface area contributed by atoms with E-state index in [2.05, 4.69) is 9.69 Å². The smallest absolute Gasteiger partial charge is 0.340 e. The van der Waals surface area contributed by atoms with E-state index in [4.69, 9.17) is 5.11 Å². The fourth-order valence-electron chi connectivity index (χ4n) is 1.63. The van der Waals surface area contributed by atoms with E-state index < -0.39 is 5.97 Å². The highest BCUT2D eigenvalue weighted by Gasteiger charge is 2.16. The number of benzene rings is 1. The van der Waals surface area contributed by atoms with Crippen molar-refractivity contribution in [2.45, 2.75) is 20.4 Å². The molecule has 0 aliphatic heterocycles. The van der Waals surface area contributed by atoms with Crippen LogP contribution in [0.1, 0.15) is 27.2 Å². The number of aromatic carboxylic acids is 1. The third-order valence-corrected chi connectivity index (χ3v) is 3.55. The predicted molar refractivity (Wildman–Crippen MR) is 72.3 cm³/mol. The van der Waals surface area contributed by atoms with Crippen molar-refractivity contribution in [3.05, 3.63) is 46.6 Å². The lowest BCUT2D eigenvalue weighted by Crippen LogP contribution is -2.04. The topological polar surface area (TPSA) is 62.2 Å². The SMILES string of the molecule is Cc1ccc(CNc2snc(C)c2C(=O)O)cc1. The molecule has 0 unspecified atom stereocenters. The van der Waals surface area contributed by atoms with Gasteiger partial charge in [0.25, 0.3) is 0 Å². The minimum atomic E-state index is -0.937. The summed E-state index contributed by atoms with van der Waals surface area (Å²) in [5.74, 6) is -0.937. The average Bonchev–Trinajstić information content (AvgIpc) is 2.70. The Morgan fingerprint density at radius 1 is 1.33 bits per heavy atom. The number of carbonyl (C=O) groups is 1. The number of aryl methyl sites for hydroxylation is 2. The summed E-state index contributed by atoms with van der Waals surface area (Å²) >= 11 is 1.18. The van der Waals surface area contributed by atoms with E-state index >= 15 is 0 Å². The normalized spacial score (nSPS) is 10.3. The summed E-state index contributed by atoms with van der Waals surface area (Å²) in [6.45, 7) is 4.34. The Morgan fingerprint density at radius 2 is 2.00 bits per heavy atom. The molecule has 2 N–H and O–H groups in total. The average molecular weight is 262 g/mol. The van der Waals surface area contributed by atoms with Gasteiger partial charge in [-0.05, 0) is 30.9 Å². The molecule has 0 bridgehead atoms. The molecule has 5 heteroatoms. The van der Waals surface area contributed by atoms with Crippen LogP contribution >= 0.6 is 11.5 Å². The number of nitrogens with one attached hydrogen (secondary N) is 1. The summed E-state index contributed by atoms with van der Waals surface area (Å²) in [7, 11) is 0. The molecule has 1 aromatic carbocycles. The van der Waals surface area contributed by atoms with Crippen LogP contribution < -0.4 is 5.32 Å². The van der Waals surface area contributed by atoms with Gasteiger partial charge in [0.1, 0.15) is 10.6 Å². The Labute approximate surface area is 109 Å². The summed E-state index contributed by atoms with van der Waals surface area (Å²) in [4.78, 5) is 11.1. The van der Waals surface area contributed by atoms with Gasteiger partial charge < -0.3 is 10.4 Å². The number of nitrogens with zero attached hydrogens (tertiary/aromatic N) is 1. The maximum absolute atomic E-state index is 11.1. The molecular formula is C13H14N2O2S. The minimum Gasteiger partial charge on any atom is -0.478 e. The van der Waals surface area contributed by atoms with E-state index in [0.717, 1.165) is 5.56 Å². The molecule has 2 aromatic rings. The van der Waals surface area contributed by atoms with Crippen molar-refractivity contribution >= 4 is 22.5 Å². The first-order chi connectivity index (χ1) is 8.58.